The third-order valence-corrected chi connectivity index (χ3v) is 6.10. The Balaban J connectivity index is 0.00000240. The number of amides is 1. The molecule has 2 aliphatic heterocycles. The molecule has 0 radical (unpaired) electrons. The van der Waals surface area contributed by atoms with Gasteiger partial charge in [-0.2, -0.15) is 0 Å². The number of nitrogens with one attached hydrogen (secondary N) is 2. The summed E-state index contributed by atoms with van der Waals surface area (Å²) < 4.78 is 6.07. The number of carbonyl (C=O) groups is 1. The average molecular weight is 415 g/mol. The van der Waals surface area contributed by atoms with Crippen LogP contribution in [0.25, 0.3) is 0 Å². The van der Waals surface area contributed by atoms with E-state index < -0.39 is 0 Å². The van der Waals surface area contributed by atoms with Crippen LogP contribution in [0.1, 0.15) is 56.3 Å². The molecule has 0 saturated carbocycles. The van der Waals surface area contributed by atoms with Crippen molar-refractivity contribution >= 4 is 24.0 Å². The predicted octanol–water partition coefficient (Wildman–Crippen LogP) is 5.42. The minimum atomic E-state index is -0.0173. The molecule has 0 aromatic heterocycles. The van der Waals surface area contributed by atoms with E-state index in [1.807, 2.05) is 50.2 Å². The number of halogens is 1. The molecule has 2 N–H and O–H groups in total. The minimum absolute atomic E-state index is 0. The lowest BCUT2D eigenvalue weighted by atomic mass is 9.89. The van der Waals surface area contributed by atoms with Gasteiger partial charge in [0.15, 0.2) is 0 Å². The van der Waals surface area contributed by atoms with Gasteiger partial charge in [0, 0.05) is 24.2 Å². The molecule has 2 aromatic carbocycles. The summed E-state index contributed by atoms with van der Waals surface area (Å²) in [5.74, 6) is 1.45. The Morgan fingerprint density at radius 2 is 1.83 bits per heavy atom. The molecule has 2 bridgehead atoms. The summed E-state index contributed by atoms with van der Waals surface area (Å²) in [4.78, 5) is 12.6. The second kappa shape index (κ2) is 9.64. The fraction of sp³-hybridized carbons (Fsp3) is 0.458. The molecule has 2 heterocycles. The molecule has 2 fully saturated rings. The van der Waals surface area contributed by atoms with Gasteiger partial charge < -0.3 is 15.4 Å². The predicted molar refractivity (Wildman–Crippen MR) is 120 cm³/mol. The van der Waals surface area contributed by atoms with Crippen LogP contribution < -0.4 is 15.4 Å². The first kappa shape index (κ1) is 21.7. The van der Waals surface area contributed by atoms with Gasteiger partial charge >= 0.3 is 0 Å². The number of aryl methyl sites for hydroxylation is 1. The Kier molecular flexibility index (Phi) is 7.20. The lowest BCUT2D eigenvalue weighted by molar-refractivity contribution is -0.117. The zero-order valence-electron chi connectivity index (χ0n) is 17.2. The molecule has 2 aromatic rings. The van der Waals surface area contributed by atoms with Crippen LogP contribution in [0.5, 0.6) is 5.75 Å². The molecule has 3 atom stereocenters. The van der Waals surface area contributed by atoms with Crippen LogP contribution in [0, 0.1) is 12.8 Å². The van der Waals surface area contributed by atoms with Crippen molar-refractivity contribution in [2.45, 2.75) is 64.1 Å². The highest BCUT2D eigenvalue weighted by atomic mass is 35.5. The summed E-state index contributed by atoms with van der Waals surface area (Å²) in [6.07, 6.45) is 5.41. The standard InChI is InChI=1S/C24H30N2O2.ClH/c1-16-12-22(28-17(2)19-6-4-3-5-7-19)10-11-23(16)26-24(27)15-18-13-20-8-9-21(14-18)25-20;/h3-7,10-12,17-18,20-21,25H,8-9,13-15H2,1-2H3,(H,26,27);1H. The van der Waals surface area contributed by atoms with Gasteiger partial charge in [-0.1, -0.05) is 30.3 Å². The van der Waals surface area contributed by atoms with Crippen molar-refractivity contribution in [2.24, 2.45) is 5.92 Å². The summed E-state index contributed by atoms with van der Waals surface area (Å²) in [7, 11) is 0. The quantitative estimate of drug-likeness (QED) is 0.663. The van der Waals surface area contributed by atoms with Crippen LogP contribution in [-0.4, -0.2) is 18.0 Å². The van der Waals surface area contributed by atoms with E-state index in [1.54, 1.807) is 0 Å². The summed E-state index contributed by atoms with van der Waals surface area (Å²) in [6.45, 7) is 4.06. The number of carbonyl (C=O) groups excluding carboxylic acids is 1. The lowest BCUT2D eigenvalue weighted by Gasteiger charge is -2.28. The first-order chi connectivity index (χ1) is 13.6. The average Bonchev–Trinajstić information content (AvgIpc) is 3.03. The van der Waals surface area contributed by atoms with Crippen LogP contribution in [0.15, 0.2) is 48.5 Å². The molecule has 5 heteroatoms. The molecule has 3 unspecified atom stereocenters. The molecular weight excluding hydrogens is 384 g/mol. The molecule has 2 saturated heterocycles. The molecule has 4 rings (SSSR count). The third-order valence-electron chi connectivity index (χ3n) is 6.10. The molecule has 0 aliphatic carbocycles. The summed E-state index contributed by atoms with van der Waals surface area (Å²) in [6, 6.07) is 17.3. The zero-order chi connectivity index (χ0) is 19.5. The monoisotopic (exact) mass is 414 g/mol. The van der Waals surface area contributed by atoms with Gasteiger partial charge in [-0.3, -0.25) is 4.79 Å². The van der Waals surface area contributed by atoms with E-state index >= 15 is 0 Å². The van der Waals surface area contributed by atoms with Crippen molar-refractivity contribution in [3.63, 3.8) is 0 Å². The molecular formula is C24H31ClN2O2. The van der Waals surface area contributed by atoms with Crippen molar-refractivity contribution in [1.82, 2.24) is 5.32 Å². The van der Waals surface area contributed by atoms with E-state index in [0.717, 1.165) is 35.4 Å². The van der Waals surface area contributed by atoms with E-state index in [2.05, 4.69) is 22.8 Å². The van der Waals surface area contributed by atoms with Crippen LogP contribution in [0.2, 0.25) is 0 Å². The van der Waals surface area contributed by atoms with E-state index in [4.69, 9.17) is 4.74 Å². The molecule has 1 amide bonds. The van der Waals surface area contributed by atoms with Crippen LogP contribution in [0.3, 0.4) is 0 Å². The minimum Gasteiger partial charge on any atom is -0.486 e. The van der Waals surface area contributed by atoms with Crippen molar-refractivity contribution < 1.29 is 9.53 Å². The normalized spacial score (nSPS) is 23.7. The molecule has 0 spiro atoms. The summed E-state index contributed by atoms with van der Waals surface area (Å²) >= 11 is 0. The number of rotatable bonds is 6. The molecule has 29 heavy (non-hydrogen) atoms. The van der Waals surface area contributed by atoms with Crippen LogP contribution in [0.4, 0.5) is 5.69 Å². The number of hydrogen-bond acceptors (Lipinski definition) is 3. The maximum atomic E-state index is 12.6. The van der Waals surface area contributed by atoms with Crippen molar-refractivity contribution in [1.29, 1.82) is 0 Å². The van der Waals surface area contributed by atoms with Gasteiger partial charge in [-0.05, 0) is 74.8 Å². The summed E-state index contributed by atoms with van der Waals surface area (Å²) in [5.41, 5.74) is 3.05. The number of benzene rings is 2. The van der Waals surface area contributed by atoms with Crippen molar-refractivity contribution in [2.75, 3.05) is 5.32 Å². The third kappa shape index (κ3) is 5.52. The van der Waals surface area contributed by atoms with Gasteiger partial charge in [0.1, 0.15) is 11.9 Å². The number of anilines is 1. The highest BCUT2D eigenvalue weighted by Crippen LogP contribution is 2.33. The molecule has 4 nitrogen and oxygen atoms in total. The largest absolute Gasteiger partial charge is 0.486 e. The molecule has 156 valence electrons. The van der Waals surface area contributed by atoms with E-state index in [9.17, 15) is 4.79 Å². The smallest absolute Gasteiger partial charge is 0.224 e. The first-order valence-corrected chi connectivity index (χ1v) is 10.4. The fourth-order valence-electron chi connectivity index (χ4n) is 4.65. The Labute approximate surface area is 179 Å². The number of hydrogen-bond donors (Lipinski definition) is 2. The van der Waals surface area contributed by atoms with E-state index in [-0.39, 0.29) is 24.4 Å². The van der Waals surface area contributed by atoms with Gasteiger partial charge in [-0.25, -0.2) is 0 Å². The van der Waals surface area contributed by atoms with Crippen molar-refractivity contribution in [3.8, 4) is 5.75 Å². The fourth-order valence-corrected chi connectivity index (χ4v) is 4.65. The van der Waals surface area contributed by atoms with Crippen LogP contribution in [-0.2, 0) is 4.79 Å². The van der Waals surface area contributed by atoms with E-state index in [1.165, 1.54) is 12.8 Å². The highest BCUT2D eigenvalue weighted by molar-refractivity contribution is 5.91. The number of fused-ring (bicyclic) bond motifs is 2. The highest BCUT2D eigenvalue weighted by Gasteiger charge is 2.34. The topological polar surface area (TPSA) is 50.4 Å². The van der Waals surface area contributed by atoms with Gasteiger partial charge in [0.25, 0.3) is 0 Å². The second-order valence-electron chi connectivity index (χ2n) is 8.38. The second-order valence-corrected chi connectivity index (χ2v) is 8.38. The number of piperidine rings is 1. The Morgan fingerprint density at radius 3 is 2.48 bits per heavy atom. The Hall–Kier alpha value is -2.04. The summed E-state index contributed by atoms with van der Waals surface area (Å²) in [5, 5.41) is 6.75. The van der Waals surface area contributed by atoms with Gasteiger partial charge in [0.2, 0.25) is 5.91 Å². The number of ether oxygens (including phenoxy) is 1. The van der Waals surface area contributed by atoms with Crippen LogP contribution >= 0.6 is 12.4 Å². The van der Waals surface area contributed by atoms with E-state index in [0.29, 0.717) is 24.4 Å². The molecule has 2 aliphatic rings. The first-order valence-electron chi connectivity index (χ1n) is 10.4. The maximum Gasteiger partial charge on any atom is 0.224 e. The zero-order valence-corrected chi connectivity index (χ0v) is 18.0. The van der Waals surface area contributed by atoms with Gasteiger partial charge in [-0.15, -0.1) is 12.4 Å². The van der Waals surface area contributed by atoms with Crippen molar-refractivity contribution in [3.05, 3.63) is 59.7 Å². The Bertz CT molecular complexity index is 815. The maximum absolute atomic E-state index is 12.6. The SMILES string of the molecule is Cc1cc(OC(C)c2ccccc2)ccc1NC(=O)CC1CC2CCC(C1)N2.Cl. The Morgan fingerprint density at radius 1 is 1.14 bits per heavy atom. The van der Waals surface area contributed by atoms with Gasteiger partial charge in [0.05, 0.1) is 0 Å². The lowest BCUT2D eigenvalue weighted by Crippen LogP contribution is -2.39.